The van der Waals surface area contributed by atoms with Crippen molar-refractivity contribution in [2.24, 2.45) is 0 Å². The van der Waals surface area contributed by atoms with Crippen LogP contribution in [0.25, 0.3) is 0 Å². The molecule has 0 aromatic heterocycles. The van der Waals surface area contributed by atoms with E-state index in [1.165, 1.54) is 5.56 Å². The van der Waals surface area contributed by atoms with Crippen LogP contribution in [0.3, 0.4) is 0 Å². The Hall–Kier alpha value is 0.200. The topological polar surface area (TPSA) is 9.23 Å². The third-order valence-electron chi connectivity index (χ3n) is 2.78. The van der Waals surface area contributed by atoms with Gasteiger partial charge in [-0.2, -0.15) is 0 Å². The first kappa shape index (κ1) is 11.7. The molecule has 0 radical (unpaired) electrons. The predicted molar refractivity (Wildman–Crippen MR) is 71.9 cm³/mol. The minimum absolute atomic E-state index is 0.206. The van der Waals surface area contributed by atoms with Gasteiger partial charge in [0.2, 0.25) is 0 Å². The summed E-state index contributed by atoms with van der Waals surface area (Å²) in [6.07, 6.45) is 2.86. The van der Waals surface area contributed by atoms with E-state index in [-0.39, 0.29) is 6.10 Å². The smallest absolute Gasteiger partial charge is 0.0844 e. The Morgan fingerprint density at radius 2 is 2.27 bits per heavy atom. The Labute approximate surface area is 109 Å². The van der Waals surface area contributed by atoms with Crippen molar-refractivity contribution in [1.29, 1.82) is 0 Å². The molecule has 0 aliphatic carbocycles. The minimum Gasteiger partial charge on any atom is -0.369 e. The average Bonchev–Trinajstić information content (AvgIpc) is 2.66. The van der Waals surface area contributed by atoms with Crippen LogP contribution in [0.5, 0.6) is 0 Å². The summed E-state index contributed by atoms with van der Waals surface area (Å²) in [7, 11) is 0. The number of alkyl halides is 1. The van der Waals surface area contributed by atoms with Gasteiger partial charge in [0.15, 0.2) is 0 Å². The predicted octanol–water partition coefficient (Wildman–Crippen LogP) is 4.30. The van der Waals surface area contributed by atoms with E-state index in [1.807, 2.05) is 6.07 Å². The Bertz CT molecular complexity index is 353. The van der Waals surface area contributed by atoms with Gasteiger partial charge in [0.05, 0.1) is 12.2 Å². The first-order valence-electron chi connectivity index (χ1n) is 5.18. The second-order valence-corrected chi connectivity index (χ2v) is 5.29. The highest BCUT2D eigenvalue weighted by Gasteiger charge is 2.26. The molecule has 0 saturated carbocycles. The van der Waals surface area contributed by atoms with Crippen LogP contribution in [-0.4, -0.2) is 10.5 Å². The van der Waals surface area contributed by atoms with Crippen molar-refractivity contribution in [2.75, 3.05) is 4.43 Å². The molecule has 0 spiro atoms. The molecule has 1 saturated heterocycles. The zero-order chi connectivity index (χ0) is 10.8. The maximum absolute atomic E-state index is 6.22. The molecule has 1 fully saturated rings. The molecule has 0 bridgehead atoms. The normalized spacial score (nSPS) is 25.8. The van der Waals surface area contributed by atoms with E-state index in [2.05, 4.69) is 41.6 Å². The van der Waals surface area contributed by atoms with Gasteiger partial charge in [-0.05, 0) is 37.0 Å². The summed E-state index contributed by atoms with van der Waals surface area (Å²) in [5.74, 6) is 0. The Balaban J connectivity index is 2.17. The molecular formula is C12H14ClIO. The van der Waals surface area contributed by atoms with Gasteiger partial charge >= 0.3 is 0 Å². The number of halogens is 2. The highest BCUT2D eigenvalue weighted by Crippen LogP contribution is 2.36. The van der Waals surface area contributed by atoms with Crippen LogP contribution in [0.2, 0.25) is 5.02 Å². The summed E-state index contributed by atoms with van der Waals surface area (Å²) in [6, 6.07) is 6.21. The molecule has 1 aliphatic heterocycles. The Morgan fingerprint density at radius 3 is 2.87 bits per heavy atom. The molecule has 82 valence electrons. The second kappa shape index (κ2) is 5.02. The lowest BCUT2D eigenvalue weighted by atomic mass is 10.0. The molecule has 0 amide bonds. The SMILES string of the molecule is Cc1ccc(C2CCC(CI)O2)c(Cl)c1. The van der Waals surface area contributed by atoms with E-state index in [9.17, 15) is 0 Å². The molecule has 1 heterocycles. The molecule has 2 atom stereocenters. The highest BCUT2D eigenvalue weighted by atomic mass is 127. The highest BCUT2D eigenvalue weighted by molar-refractivity contribution is 14.1. The van der Waals surface area contributed by atoms with Crippen molar-refractivity contribution < 1.29 is 4.74 Å². The van der Waals surface area contributed by atoms with E-state index in [4.69, 9.17) is 16.3 Å². The molecule has 3 heteroatoms. The lowest BCUT2D eigenvalue weighted by Gasteiger charge is -2.14. The van der Waals surface area contributed by atoms with Crippen LogP contribution in [-0.2, 0) is 4.74 Å². The van der Waals surface area contributed by atoms with Gasteiger partial charge in [-0.25, -0.2) is 0 Å². The zero-order valence-corrected chi connectivity index (χ0v) is 11.6. The summed E-state index contributed by atoms with van der Waals surface area (Å²) >= 11 is 8.59. The molecule has 1 nitrogen and oxygen atoms in total. The Kier molecular flexibility index (Phi) is 3.91. The van der Waals surface area contributed by atoms with Crippen LogP contribution < -0.4 is 0 Å². The number of aryl methyl sites for hydroxylation is 1. The van der Waals surface area contributed by atoms with E-state index < -0.39 is 0 Å². The lowest BCUT2D eigenvalue weighted by molar-refractivity contribution is 0.0598. The first-order valence-corrected chi connectivity index (χ1v) is 7.08. The van der Waals surface area contributed by atoms with E-state index >= 15 is 0 Å². The summed E-state index contributed by atoms with van der Waals surface area (Å²) in [5, 5.41) is 0.842. The van der Waals surface area contributed by atoms with E-state index in [0.29, 0.717) is 6.10 Å². The van der Waals surface area contributed by atoms with Gasteiger partial charge in [-0.1, -0.05) is 46.3 Å². The van der Waals surface area contributed by atoms with Crippen molar-refractivity contribution in [3.05, 3.63) is 34.3 Å². The number of rotatable bonds is 2. The maximum atomic E-state index is 6.22. The van der Waals surface area contributed by atoms with Gasteiger partial charge in [0.1, 0.15) is 0 Å². The van der Waals surface area contributed by atoms with Crippen molar-refractivity contribution in [1.82, 2.24) is 0 Å². The summed E-state index contributed by atoms with van der Waals surface area (Å²) in [4.78, 5) is 0. The molecule has 2 unspecified atom stereocenters. The van der Waals surface area contributed by atoms with Crippen LogP contribution in [0.1, 0.15) is 30.1 Å². The van der Waals surface area contributed by atoms with Crippen molar-refractivity contribution in [3.8, 4) is 0 Å². The molecule has 15 heavy (non-hydrogen) atoms. The van der Waals surface area contributed by atoms with Crippen LogP contribution in [0, 0.1) is 6.92 Å². The number of hydrogen-bond donors (Lipinski definition) is 0. The molecular weight excluding hydrogens is 322 g/mol. The number of hydrogen-bond acceptors (Lipinski definition) is 1. The number of benzene rings is 1. The van der Waals surface area contributed by atoms with Crippen molar-refractivity contribution in [2.45, 2.75) is 32.0 Å². The van der Waals surface area contributed by atoms with Crippen LogP contribution in [0.4, 0.5) is 0 Å². The molecule has 1 aromatic rings. The Morgan fingerprint density at radius 1 is 1.47 bits per heavy atom. The van der Waals surface area contributed by atoms with Gasteiger partial charge in [0.25, 0.3) is 0 Å². The maximum Gasteiger partial charge on any atom is 0.0844 e. The standard InChI is InChI=1S/C12H14ClIO/c1-8-2-4-10(11(13)6-8)12-5-3-9(7-14)15-12/h2,4,6,9,12H,3,5,7H2,1H3. The van der Waals surface area contributed by atoms with Gasteiger partial charge < -0.3 is 4.74 Å². The molecule has 0 N–H and O–H groups in total. The number of ether oxygens (including phenoxy) is 1. The van der Waals surface area contributed by atoms with Gasteiger partial charge in [0, 0.05) is 9.45 Å². The quantitative estimate of drug-likeness (QED) is 0.578. The second-order valence-electron chi connectivity index (χ2n) is 4.00. The van der Waals surface area contributed by atoms with Crippen LogP contribution in [0.15, 0.2) is 18.2 Å². The fraction of sp³-hybridized carbons (Fsp3) is 0.500. The zero-order valence-electron chi connectivity index (χ0n) is 8.67. The molecule has 1 aliphatic rings. The van der Waals surface area contributed by atoms with E-state index in [1.54, 1.807) is 0 Å². The fourth-order valence-corrected chi connectivity index (χ4v) is 2.95. The average molecular weight is 337 g/mol. The third-order valence-corrected chi connectivity index (χ3v) is 4.09. The summed E-state index contributed by atoms with van der Waals surface area (Å²) < 4.78 is 6.99. The first-order chi connectivity index (χ1) is 7.20. The van der Waals surface area contributed by atoms with Crippen molar-refractivity contribution in [3.63, 3.8) is 0 Å². The largest absolute Gasteiger partial charge is 0.369 e. The summed E-state index contributed by atoms with van der Waals surface area (Å²) in [5.41, 5.74) is 2.35. The summed E-state index contributed by atoms with van der Waals surface area (Å²) in [6.45, 7) is 2.05. The molecule has 2 rings (SSSR count). The van der Waals surface area contributed by atoms with E-state index in [0.717, 1.165) is 27.9 Å². The third kappa shape index (κ3) is 2.66. The van der Waals surface area contributed by atoms with Gasteiger partial charge in [-0.3, -0.25) is 0 Å². The molecule has 1 aromatic carbocycles. The minimum atomic E-state index is 0.206. The monoisotopic (exact) mass is 336 g/mol. The van der Waals surface area contributed by atoms with Crippen LogP contribution >= 0.6 is 34.2 Å². The lowest BCUT2D eigenvalue weighted by Crippen LogP contribution is -2.07. The van der Waals surface area contributed by atoms with Crippen molar-refractivity contribution >= 4 is 34.2 Å². The fourth-order valence-electron chi connectivity index (χ4n) is 1.94. The van der Waals surface area contributed by atoms with Gasteiger partial charge in [-0.15, -0.1) is 0 Å².